The zero-order valence-corrected chi connectivity index (χ0v) is 14.5. The SMILES string of the molecule is Cc1sc(-c2ccco2)nc1C(=O)OC(C)C(=O)NC(=O)NC1CC1. The van der Waals surface area contributed by atoms with E-state index in [1.807, 2.05) is 0 Å². The molecule has 1 atom stereocenters. The number of aryl methyl sites for hydroxylation is 1. The Morgan fingerprint density at radius 3 is 2.80 bits per heavy atom. The number of imide groups is 1. The first kappa shape index (κ1) is 17.2. The van der Waals surface area contributed by atoms with Gasteiger partial charge in [0.05, 0.1) is 6.26 Å². The lowest BCUT2D eigenvalue weighted by molar-refractivity contribution is -0.127. The van der Waals surface area contributed by atoms with E-state index in [1.165, 1.54) is 24.5 Å². The maximum Gasteiger partial charge on any atom is 0.358 e. The molecule has 2 aromatic heterocycles. The van der Waals surface area contributed by atoms with Crippen molar-refractivity contribution in [1.82, 2.24) is 15.6 Å². The molecule has 1 saturated carbocycles. The minimum atomic E-state index is -1.12. The molecule has 3 rings (SSSR count). The summed E-state index contributed by atoms with van der Waals surface area (Å²) in [7, 11) is 0. The molecule has 2 N–H and O–H groups in total. The topological polar surface area (TPSA) is 111 Å². The van der Waals surface area contributed by atoms with E-state index in [0.717, 1.165) is 12.8 Å². The molecule has 2 aromatic rings. The van der Waals surface area contributed by atoms with Crippen LogP contribution in [0.15, 0.2) is 22.8 Å². The number of hydrogen-bond donors (Lipinski definition) is 2. The Labute approximate surface area is 147 Å². The van der Waals surface area contributed by atoms with E-state index >= 15 is 0 Å². The summed E-state index contributed by atoms with van der Waals surface area (Å²) in [6, 6.07) is 3.01. The Bertz CT molecular complexity index is 795. The molecule has 1 aliphatic rings. The van der Waals surface area contributed by atoms with Gasteiger partial charge in [0.2, 0.25) is 0 Å². The molecule has 25 heavy (non-hydrogen) atoms. The summed E-state index contributed by atoms with van der Waals surface area (Å²) < 4.78 is 10.4. The molecule has 0 saturated heterocycles. The van der Waals surface area contributed by atoms with Gasteiger partial charge in [0.1, 0.15) is 0 Å². The van der Waals surface area contributed by atoms with Crippen molar-refractivity contribution in [2.75, 3.05) is 0 Å². The standard InChI is InChI=1S/C16H17N3O5S/c1-8(13(20)19-16(22)17-10-5-6-10)24-15(21)12-9(2)25-14(18-12)11-4-3-7-23-11/h3-4,7-8,10H,5-6H2,1-2H3,(H2,17,19,20,22). The summed E-state index contributed by atoms with van der Waals surface area (Å²) in [6.07, 6.45) is 2.22. The Morgan fingerprint density at radius 1 is 1.40 bits per heavy atom. The maximum absolute atomic E-state index is 12.2. The molecule has 0 bridgehead atoms. The van der Waals surface area contributed by atoms with Crippen molar-refractivity contribution in [3.05, 3.63) is 29.0 Å². The molecule has 8 nitrogen and oxygen atoms in total. The number of hydrogen-bond acceptors (Lipinski definition) is 7. The molecule has 9 heteroatoms. The van der Waals surface area contributed by atoms with Crippen LogP contribution in [0.3, 0.4) is 0 Å². The Kier molecular flexibility index (Phi) is 4.84. The molecule has 1 aliphatic carbocycles. The quantitative estimate of drug-likeness (QED) is 0.788. The predicted molar refractivity (Wildman–Crippen MR) is 89.1 cm³/mol. The number of amides is 3. The van der Waals surface area contributed by atoms with Crippen molar-refractivity contribution >= 4 is 29.2 Å². The normalized spacial score (nSPS) is 14.6. The third-order valence-corrected chi connectivity index (χ3v) is 4.51. The third-order valence-electron chi connectivity index (χ3n) is 3.52. The van der Waals surface area contributed by atoms with Crippen LogP contribution < -0.4 is 10.6 Å². The highest BCUT2D eigenvalue weighted by atomic mass is 32.1. The fourth-order valence-electron chi connectivity index (χ4n) is 2.02. The van der Waals surface area contributed by atoms with Crippen molar-refractivity contribution in [1.29, 1.82) is 0 Å². The van der Waals surface area contributed by atoms with E-state index in [1.54, 1.807) is 19.1 Å². The van der Waals surface area contributed by atoms with E-state index in [9.17, 15) is 14.4 Å². The van der Waals surface area contributed by atoms with Gasteiger partial charge in [0, 0.05) is 10.9 Å². The van der Waals surface area contributed by atoms with E-state index in [-0.39, 0.29) is 11.7 Å². The number of carbonyl (C=O) groups excluding carboxylic acids is 3. The lowest BCUT2D eigenvalue weighted by Crippen LogP contribution is -2.45. The molecular weight excluding hydrogens is 346 g/mol. The van der Waals surface area contributed by atoms with Gasteiger partial charge in [0.25, 0.3) is 5.91 Å². The summed E-state index contributed by atoms with van der Waals surface area (Å²) in [4.78, 5) is 40.6. The van der Waals surface area contributed by atoms with Crippen molar-refractivity contribution in [3.63, 3.8) is 0 Å². The van der Waals surface area contributed by atoms with Crippen molar-refractivity contribution in [2.45, 2.75) is 38.8 Å². The van der Waals surface area contributed by atoms with Crippen LogP contribution in [0, 0.1) is 6.92 Å². The monoisotopic (exact) mass is 363 g/mol. The molecule has 1 unspecified atom stereocenters. The minimum Gasteiger partial charge on any atom is -0.462 e. The number of carbonyl (C=O) groups is 3. The molecule has 1 fully saturated rings. The van der Waals surface area contributed by atoms with Gasteiger partial charge in [0.15, 0.2) is 22.6 Å². The zero-order chi connectivity index (χ0) is 18.0. The van der Waals surface area contributed by atoms with Crippen molar-refractivity contribution < 1.29 is 23.5 Å². The number of esters is 1. The second-order valence-electron chi connectivity index (χ2n) is 5.69. The largest absolute Gasteiger partial charge is 0.462 e. The highest BCUT2D eigenvalue weighted by Gasteiger charge is 2.27. The van der Waals surface area contributed by atoms with Gasteiger partial charge in [-0.2, -0.15) is 0 Å². The van der Waals surface area contributed by atoms with Crippen LogP contribution in [0.1, 0.15) is 35.1 Å². The number of aromatic nitrogens is 1. The van der Waals surface area contributed by atoms with Gasteiger partial charge in [-0.15, -0.1) is 11.3 Å². The molecule has 3 amide bonds. The second-order valence-corrected chi connectivity index (χ2v) is 6.89. The van der Waals surface area contributed by atoms with E-state index in [4.69, 9.17) is 9.15 Å². The molecule has 0 aromatic carbocycles. The average Bonchev–Trinajstić information content (AvgIpc) is 3.05. The van der Waals surface area contributed by atoms with Crippen LogP contribution in [0.2, 0.25) is 0 Å². The Morgan fingerprint density at radius 2 is 2.16 bits per heavy atom. The van der Waals surface area contributed by atoms with Gasteiger partial charge < -0.3 is 14.5 Å². The second kappa shape index (κ2) is 7.06. The predicted octanol–water partition coefficient (Wildman–Crippen LogP) is 2.25. The van der Waals surface area contributed by atoms with E-state index in [0.29, 0.717) is 15.6 Å². The summed E-state index contributed by atoms with van der Waals surface area (Å²) in [5, 5.41) is 5.32. The summed E-state index contributed by atoms with van der Waals surface area (Å²) in [5.41, 5.74) is 0.124. The van der Waals surface area contributed by atoms with Gasteiger partial charge in [-0.05, 0) is 38.8 Å². The lowest BCUT2D eigenvalue weighted by Gasteiger charge is -2.12. The minimum absolute atomic E-state index is 0.124. The van der Waals surface area contributed by atoms with Crippen LogP contribution in [-0.2, 0) is 9.53 Å². The lowest BCUT2D eigenvalue weighted by atomic mass is 10.3. The van der Waals surface area contributed by atoms with Crippen LogP contribution in [-0.4, -0.2) is 35.0 Å². The number of thiazole rings is 1. The number of nitrogens with one attached hydrogen (secondary N) is 2. The fraction of sp³-hybridized carbons (Fsp3) is 0.375. The summed E-state index contributed by atoms with van der Waals surface area (Å²) in [5.74, 6) is -0.864. The van der Waals surface area contributed by atoms with Gasteiger partial charge in [-0.25, -0.2) is 14.6 Å². The molecule has 0 radical (unpaired) electrons. The highest BCUT2D eigenvalue weighted by molar-refractivity contribution is 7.15. The Hall–Kier alpha value is -2.68. The first-order valence-electron chi connectivity index (χ1n) is 7.77. The molecule has 0 aliphatic heterocycles. The van der Waals surface area contributed by atoms with Gasteiger partial charge in [-0.1, -0.05) is 0 Å². The number of nitrogens with zero attached hydrogens (tertiary/aromatic N) is 1. The van der Waals surface area contributed by atoms with E-state index < -0.39 is 24.0 Å². The van der Waals surface area contributed by atoms with Gasteiger partial charge >= 0.3 is 12.0 Å². The third kappa shape index (κ3) is 4.24. The van der Waals surface area contributed by atoms with Crippen LogP contribution in [0.4, 0.5) is 4.79 Å². The number of furan rings is 1. The number of urea groups is 1. The fourth-order valence-corrected chi connectivity index (χ4v) is 2.89. The Balaban J connectivity index is 1.59. The molecular formula is C16H17N3O5S. The van der Waals surface area contributed by atoms with Crippen molar-refractivity contribution in [3.8, 4) is 10.8 Å². The van der Waals surface area contributed by atoms with Crippen LogP contribution >= 0.6 is 11.3 Å². The summed E-state index contributed by atoms with van der Waals surface area (Å²) in [6.45, 7) is 3.13. The van der Waals surface area contributed by atoms with Crippen LogP contribution in [0.25, 0.3) is 10.8 Å². The molecule has 132 valence electrons. The smallest absolute Gasteiger partial charge is 0.358 e. The van der Waals surface area contributed by atoms with Gasteiger partial charge in [-0.3, -0.25) is 10.1 Å². The maximum atomic E-state index is 12.2. The van der Waals surface area contributed by atoms with E-state index in [2.05, 4.69) is 15.6 Å². The number of rotatable bonds is 5. The summed E-state index contributed by atoms with van der Waals surface area (Å²) >= 11 is 1.29. The molecule has 0 spiro atoms. The first-order valence-corrected chi connectivity index (χ1v) is 8.59. The number of ether oxygens (including phenoxy) is 1. The first-order chi connectivity index (χ1) is 11.9. The van der Waals surface area contributed by atoms with Crippen LogP contribution in [0.5, 0.6) is 0 Å². The average molecular weight is 363 g/mol. The zero-order valence-electron chi connectivity index (χ0n) is 13.7. The van der Waals surface area contributed by atoms with Crippen molar-refractivity contribution in [2.24, 2.45) is 0 Å². The molecule has 2 heterocycles. The highest BCUT2D eigenvalue weighted by Crippen LogP contribution is 2.28.